The van der Waals surface area contributed by atoms with Gasteiger partial charge in [-0.1, -0.05) is 19.9 Å². The van der Waals surface area contributed by atoms with Gasteiger partial charge in [0.05, 0.1) is 14.2 Å². The van der Waals surface area contributed by atoms with Gasteiger partial charge in [0.25, 0.3) is 0 Å². The van der Waals surface area contributed by atoms with Gasteiger partial charge in [-0.15, -0.1) is 0 Å². The minimum absolute atomic E-state index is 0.363. The largest absolute Gasteiger partial charge is 0.493 e. The Balaban J connectivity index is 2.33. The second kappa shape index (κ2) is 9.25. The lowest BCUT2D eigenvalue weighted by Gasteiger charge is -2.42. The number of likely N-dealkylation sites (N-methyl/N-ethyl adjacent to an activating group) is 1. The molecule has 1 aromatic rings. The third-order valence-electron chi connectivity index (χ3n) is 5.07. The molecule has 1 fully saturated rings. The summed E-state index contributed by atoms with van der Waals surface area (Å²) in [5, 5.41) is 3.49. The van der Waals surface area contributed by atoms with Crippen molar-refractivity contribution < 1.29 is 9.47 Å². The number of benzene rings is 1. The normalized spacial score (nSPS) is 20.2. The SMILES string of the molecule is CCN(CC)CC(c1ccc(OC)c(OC)c1)N1CCNCC1C. The molecule has 0 amide bonds. The van der Waals surface area contributed by atoms with E-state index in [-0.39, 0.29) is 0 Å². The van der Waals surface area contributed by atoms with Crippen LogP contribution in [0.15, 0.2) is 18.2 Å². The van der Waals surface area contributed by atoms with Crippen molar-refractivity contribution in [2.45, 2.75) is 32.9 Å². The molecule has 2 atom stereocenters. The van der Waals surface area contributed by atoms with Crippen LogP contribution in [0, 0.1) is 0 Å². The average molecular weight is 335 g/mol. The van der Waals surface area contributed by atoms with Crippen LogP contribution in [0.4, 0.5) is 0 Å². The van der Waals surface area contributed by atoms with Crippen molar-refractivity contribution in [3.63, 3.8) is 0 Å². The molecular formula is C19H33N3O2. The quantitative estimate of drug-likeness (QED) is 0.789. The monoisotopic (exact) mass is 335 g/mol. The minimum atomic E-state index is 0.363. The Bertz CT molecular complexity index is 505. The Labute approximate surface area is 146 Å². The Morgan fingerprint density at radius 2 is 1.92 bits per heavy atom. The smallest absolute Gasteiger partial charge is 0.161 e. The molecule has 1 aliphatic rings. The van der Waals surface area contributed by atoms with E-state index in [2.05, 4.69) is 48.0 Å². The third kappa shape index (κ3) is 4.41. The van der Waals surface area contributed by atoms with E-state index in [0.29, 0.717) is 12.1 Å². The van der Waals surface area contributed by atoms with Gasteiger partial charge in [-0.2, -0.15) is 0 Å². The van der Waals surface area contributed by atoms with Crippen molar-refractivity contribution in [2.24, 2.45) is 0 Å². The molecule has 1 N–H and O–H groups in total. The Hall–Kier alpha value is -1.30. The van der Waals surface area contributed by atoms with Crippen molar-refractivity contribution in [1.29, 1.82) is 0 Å². The number of nitrogens with one attached hydrogen (secondary N) is 1. The summed E-state index contributed by atoms with van der Waals surface area (Å²) in [5.41, 5.74) is 1.30. The van der Waals surface area contributed by atoms with Gasteiger partial charge in [0.15, 0.2) is 11.5 Å². The van der Waals surface area contributed by atoms with Gasteiger partial charge in [0.1, 0.15) is 0 Å². The third-order valence-corrected chi connectivity index (χ3v) is 5.07. The fourth-order valence-corrected chi connectivity index (χ4v) is 3.51. The molecule has 1 heterocycles. The van der Waals surface area contributed by atoms with Crippen molar-refractivity contribution in [3.05, 3.63) is 23.8 Å². The molecule has 0 radical (unpaired) electrons. The minimum Gasteiger partial charge on any atom is -0.493 e. The predicted molar refractivity (Wildman–Crippen MR) is 99.1 cm³/mol. The highest BCUT2D eigenvalue weighted by atomic mass is 16.5. The van der Waals surface area contributed by atoms with Gasteiger partial charge in [0.2, 0.25) is 0 Å². The molecule has 1 saturated heterocycles. The summed E-state index contributed by atoms with van der Waals surface area (Å²) in [6.07, 6.45) is 0. The summed E-state index contributed by atoms with van der Waals surface area (Å²) in [6.45, 7) is 13.1. The van der Waals surface area contributed by atoms with Crippen LogP contribution in [-0.2, 0) is 0 Å². The molecule has 1 aliphatic heterocycles. The first-order valence-corrected chi connectivity index (χ1v) is 9.05. The molecule has 2 rings (SSSR count). The lowest BCUT2D eigenvalue weighted by atomic mass is 10.0. The fourth-order valence-electron chi connectivity index (χ4n) is 3.51. The number of methoxy groups -OCH3 is 2. The summed E-state index contributed by atoms with van der Waals surface area (Å²) >= 11 is 0. The van der Waals surface area contributed by atoms with Crippen molar-refractivity contribution in [1.82, 2.24) is 15.1 Å². The highest BCUT2D eigenvalue weighted by Crippen LogP contribution is 2.33. The van der Waals surface area contributed by atoms with E-state index < -0.39 is 0 Å². The van der Waals surface area contributed by atoms with E-state index in [1.165, 1.54) is 5.56 Å². The lowest BCUT2D eigenvalue weighted by Crippen LogP contribution is -2.53. The molecule has 0 bridgehead atoms. The standard InChI is InChI=1S/C19H33N3O2/c1-6-21(7-2)14-17(22-11-10-20-13-15(22)3)16-8-9-18(23-4)19(12-16)24-5/h8-9,12,15,17,20H,6-7,10-11,13-14H2,1-5H3. The van der Waals surface area contributed by atoms with Crippen LogP contribution in [0.2, 0.25) is 0 Å². The molecule has 2 unspecified atom stereocenters. The van der Waals surface area contributed by atoms with Crippen LogP contribution >= 0.6 is 0 Å². The second-order valence-electron chi connectivity index (χ2n) is 6.41. The maximum absolute atomic E-state index is 5.53. The number of rotatable bonds is 8. The summed E-state index contributed by atoms with van der Waals surface area (Å²) in [5.74, 6) is 1.60. The Morgan fingerprint density at radius 1 is 1.21 bits per heavy atom. The highest BCUT2D eigenvalue weighted by Gasteiger charge is 2.28. The number of hydrogen-bond acceptors (Lipinski definition) is 5. The van der Waals surface area contributed by atoms with Crippen molar-refractivity contribution in [3.8, 4) is 11.5 Å². The highest BCUT2D eigenvalue weighted by molar-refractivity contribution is 5.44. The van der Waals surface area contributed by atoms with Crippen LogP contribution in [0.3, 0.4) is 0 Å². The van der Waals surface area contributed by atoms with E-state index in [1.54, 1.807) is 14.2 Å². The lowest BCUT2D eigenvalue weighted by molar-refractivity contribution is 0.0870. The zero-order chi connectivity index (χ0) is 17.5. The number of ether oxygens (including phenoxy) is 2. The number of nitrogens with zero attached hydrogens (tertiary/aromatic N) is 2. The van der Waals surface area contributed by atoms with Crippen LogP contribution in [0.1, 0.15) is 32.4 Å². The Kier molecular flexibility index (Phi) is 7.34. The van der Waals surface area contributed by atoms with E-state index in [4.69, 9.17) is 9.47 Å². The molecule has 24 heavy (non-hydrogen) atoms. The topological polar surface area (TPSA) is 37.0 Å². The van der Waals surface area contributed by atoms with Crippen LogP contribution in [0.25, 0.3) is 0 Å². The fraction of sp³-hybridized carbons (Fsp3) is 0.684. The zero-order valence-corrected chi connectivity index (χ0v) is 15.8. The van der Waals surface area contributed by atoms with Gasteiger partial charge in [-0.3, -0.25) is 4.90 Å². The van der Waals surface area contributed by atoms with E-state index in [9.17, 15) is 0 Å². The molecule has 136 valence electrons. The molecule has 5 nitrogen and oxygen atoms in total. The first kappa shape index (κ1) is 19.0. The average Bonchev–Trinajstić information content (AvgIpc) is 2.63. The predicted octanol–water partition coefficient (Wildman–Crippen LogP) is 2.38. The van der Waals surface area contributed by atoms with E-state index in [1.807, 2.05) is 6.07 Å². The Morgan fingerprint density at radius 3 is 2.50 bits per heavy atom. The van der Waals surface area contributed by atoms with Gasteiger partial charge in [0, 0.05) is 38.3 Å². The van der Waals surface area contributed by atoms with E-state index >= 15 is 0 Å². The van der Waals surface area contributed by atoms with Crippen molar-refractivity contribution >= 4 is 0 Å². The first-order chi connectivity index (χ1) is 11.6. The van der Waals surface area contributed by atoms with Crippen LogP contribution < -0.4 is 14.8 Å². The van der Waals surface area contributed by atoms with Crippen LogP contribution in [0.5, 0.6) is 11.5 Å². The van der Waals surface area contributed by atoms with Gasteiger partial charge in [-0.05, 0) is 37.7 Å². The first-order valence-electron chi connectivity index (χ1n) is 9.05. The number of hydrogen-bond donors (Lipinski definition) is 1. The van der Waals surface area contributed by atoms with Gasteiger partial charge in [-0.25, -0.2) is 0 Å². The summed E-state index contributed by atoms with van der Waals surface area (Å²) in [6, 6.07) is 7.23. The van der Waals surface area contributed by atoms with Gasteiger partial charge < -0.3 is 19.7 Å². The molecule has 0 aromatic heterocycles. The maximum atomic E-state index is 5.53. The summed E-state index contributed by atoms with van der Waals surface area (Å²) in [4.78, 5) is 5.12. The molecule has 0 saturated carbocycles. The van der Waals surface area contributed by atoms with Gasteiger partial charge >= 0.3 is 0 Å². The molecule has 0 spiro atoms. The maximum Gasteiger partial charge on any atom is 0.161 e. The molecular weight excluding hydrogens is 302 g/mol. The molecule has 5 heteroatoms. The summed E-state index contributed by atoms with van der Waals surface area (Å²) in [7, 11) is 3.39. The zero-order valence-electron chi connectivity index (χ0n) is 15.8. The van der Waals surface area contributed by atoms with Crippen LogP contribution in [-0.4, -0.2) is 69.3 Å². The van der Waals surface area contributed by atoms with E-state index in [0.717, 1.165) is 50.8 Å². The van der Waals surface area contributed by atoms with Crippen molar-refractivity contribution in [2.75, 3.05) is 53.5 Å². The molecule has 1 aromatic carbocycles. The second-order valence-corrected chi connectivity index (χ2v) is 6.41. The summed E-state index contributed by atoms with van der Waals surface area (Å²) < 4.78 is 10.9. The molecule has 0 aliphatic carbocycles. The number of piperazine rings is 1.